The van der Waals surface area contributed by atoms with Gasteiger partial charge in [-0.25, -0.2) is 0 Å². The molecule has 0 aromatic heterocycles. The summed E-state index contributed by atoms with van der Waals surface area (Å²) in [4.78, 5) is 16.6. The average molecular weight is 403 g/mol. The van der Waals surface area contributed by atoms with Crippen LogP contribution in [0.15, 0.2) is 18.2 Å². The lowest BCUT2D eigenvalue weighted by atomic mass is 9.84. The molecule has 0 atom stereocenters. The molecule has 1 aliphatic carbocycles. The maximum absolute atomic E-state index is 11.5. The van der Waals surface area contributed by atoms with Crippen LogP contribution in [0.2, 0.25) is 5.02 Å². The zero-order valence-corrected chi connectivity index (χ0v) is 17.5. The zero-order valence-electron chi connectivity index (χ0n) is 16.8. The molecule has 1 saturated carbocycles. The fourth-order valence-electron chi connectivity index (χ4n) is 4.46. The van der Waals surface area contributed by atoms with Crippen molar-refractivity contribution in [2.75, 3.05) is 37.6 Å². The minimum absolute atomic E-state index is 0.0272. The molecule has 5 nitrogen and oxygen atoms in total. The molecule has 0 unspecified atom stereocenters. The van der Waals surface area contributed by atoms with Gasteiger partial charge in [-0.15, -0.1) is 0 Å². The van der Waals surface area contributed by atoms with Crippen LogP contribution < -0.4 is 10.2 Å². The number of piperazine rings is 1. The molecule has 1 amide bonds. The molecule has 0 bridgehead atoms. The van der Waals surface area contributed by atoms with Crippen molar-refractivity contribution in [3.63, 3.8) is 0 Å². The molecule has 152 valence electrons. The van der Waals surface area contributed by atoms with Crippen molar-refractivity contribution < 1.29 is 4.79 Å². The molecule has 1 N–H and O–H groups in total. The topological polar surface area (TPSA) is 59.4 Å². The molecule has 3 rings (SSSR count). The lowest BCUT2D eigenvalue weighted by Crippen LogP contribution is -2.47. The van der Waals surface area contributed by atoms with Crippen LogP contribution in [0, 0.1) is 24.2 Å². The molecule has 1 aliphatic heterocycles. The smallest absolute Gasteiger partial charge is 0.234 e. The third-order valence-electron chi connectivity index (χ3n) is 6.26. The van der Waals surface area contributed by atoms with Crippen molar-refractivity contribution >= 4 is 23.2 Å². The molecule has 2 fully saturated rings. The van der Waals surface area contributed by atoms with E-state index in [1.54, 1.807) is 0 Å². The first kappa shape index (κ1) is 21.0. The predicted octanol–water partition coefficient (Wildman–Crippen LogP) is 3.75. The number of amides is 1. The van der Waals surface area contributed by atoms with E-state index in [1.807, 2.05) is 18.2 Å². The highest BCUT2D eigenvalue weighted by Crippen LogP contribution is 2.29. The third-order valence-corrected chi connectivity index (χ3v) is 6.67. The monoisotopic (exact) mass is 402 g/mol. The van der Waals surface area contributed by atoms with Crippen LogP contribution in [0.3, 0.4) is 0 Å². The Morgan fingerprint density at radius 3 is 2.61 bits per heavy atom. The summed E-state index contributed by atoms with van der Waals surface area (Å²) in [6.07, 6.45) is 5.67. The highest BCUT2D eigenvalue weighted by molar-refractivity contribution is 6.31. The highest BCUT2D eigenvalue weighted by atomic mass is 35.5. The standard InChI is InChI=1S/C22H31ClN4O/c1-17-20(23)3-2-4-21(17)27-15-13-26(14-16-27)12-10-18-5-7-19(8-6-18)25-22(28)9-11-24/h2-4,18-19H,5-10,12-16H2,1H3,(H,25,28). The summed E-state index contributed by atoms with van der Waals surface area (Å²) in [6, 6.07) is 8.35. The Morgan fingerprint density at radius 2 is 1.93 bits per heavy atom. The fraction of sp³-hybridized carbons (Fsp3) is 0.636. The zero-order chi connectivity index (χ0) is 19.9. The largest absolute Gasteiger partial charge is 0.369 e. The van der Waals surface area contributed by atoms with E-state index in [2.05, 4.69) is 28.1 Å². The van der Waals surface area contributed by atoms with Gasteiger partial charge in [0, 0.05) is 42.9 Å². The van der Waals surface area contributed by atoms with Gasteiger partial charge < -0.3 is 10.2 Å². The summed E-state index contributed by atoms with van der Waals surface area (Å²) in [5.74, 6) is 0.635. The summed E-state index contributed by atoms with van der Waals surface area (Å²) in [7, 11) is 0. The fourth-order valence-corrected chi connectivity index (χ4v) is 4.63. The molecule has 2 aliphatic rings. The molecule has 0 radical (unpaired) electrons. The number of anilines is 1. The first-order valence-corrected chi connectivity index (χ1v) is 10.8. The number of halogens is 1. The number of nitriles is 1. The van der Waals surface area contributed by atoms with E-state index in [1.165, 1.54) is 37.1 Å². The van der Waals surface area contributed by atoms with Gasteiger partial charge in [-0.05, 0) is 69.2 Å². The van der Waals surface area contributed by atoms with Gasteiger partial charge in [0.1, 0.15) is 6.42 Å². The van der Waals surface area contributed by atoms with Gasteiger partial charge in [-0.1, -0.05) is 17.7 Å². The Bertz CT molecular complexity index is 701. The van der Waals surface area contributed by atoms with Gasteiger partial charge in [0.2, 0.25) is 5.91 Å². The lowest BCUT2D eigenvalue weighted by molar-refractivity contribution is -0.121. The van der Waals surface area contributed by atoms with Crippen LogP contribution in [-0.4, -0.2) is 49.6 Å². The first-order valence-electron chi connectivity index (χ1n) is 10.5. The number of hydrogen-bond acceptors (Lipinski definition) is 4. The summed E-state index contributed by atoms with van der Waals surface area (Å²) in [6.45, 7) is 7.58. The van der Waals surface area contributed by atoms with E-state index in [9.17, 15) is 4.79 Å². The first-order chi connectivity index (χ1) is 13.6. The van der Waals surface area contributed by atoms with Crippen molar-refractivity contribution in [3.8, 4) is 6.07 Å². The maximum atomic E-state index is 11.5. The second-order valence-corrected chi connectivity index (χ2v) is 8.53. The second-order valence-electron chi connectivity index (χ2n) is 8.12. The van der Waals surface area contributed by atoms with E-state index in [-0.39, 0.29) is 18.4 Å². The van der Waals surface area contributed by atoms with Crippen LogP contribution in [0.4, 0.5) is 5.69 Å². The molecule has 0 spiro atoms. The number of rotatable bonds is 6. The Morgan fingerprint density at radius 1 is 1.21 bits per heavy atom. The average Bonchev–Trinajstić information content (AvgIpc) is 2.70. The van der Waals surface area contributed by atoms with Crippen molar-refractivity contribution in [1.29, 1.82) is 5.26 Å². The number of carbonyl (C=O) groups is 1. The van der Waals surface area contributed by atoms with Crippen molar-refractivity contribution in [2.24, 2.45) is 5.92 Å². The minimum atomic E-state index is -0.126. The molecule has 28 heavy (non-hydrogen) atoms. The second kappa shape index (κ2) is 10.1. The number of carbonyl (C=O) groups excluding carboxylic acids is 1. The van der Waals surface area contributed by atoms with Crippen molar-refractivity contribution in [3.05, 3.63) is 28.8 Å². The van der Waals surface area contributed by atoms with Gasteiger partial charge in [0.15, 0.2) is 0 Å². The Labute approximate surface area is 173 Å². The van der Waals surface area contributed by atoms with E-state index in [0.29, 0.717) is 0 Å². The van der Waals surface area contributed by atoms with Crippen LogP contribution in [-0.2, 0) is 4.79 Å². The van der Waals surface area contributed by atoms with Gasteiger partial charge >= 0.3 is 0 Å². The van der Waals surface area contributed by atoms with Crippen molar-refractivity contribution in [1.82, 2.24) is 10.2 Å². The molecule has 1 saturated heterocycles. The molecular weight excluding hydrogens is 372 g/mol. The van der Waals surface area contributed by atoms with E-state index < -0.39 is 0 Å². The molecular formula is C22H31ClN4O. The van der Waals surface area contributed by atoms with Gasteiger partial charge in [-0.3, -0.25) is 9.69 Å². The molecule has 1 heterocycles. The number of nitrogens with one attached hydrogen (secondary N) is 1. The highest BCUT2D eigenvalue weighted by Gasteiger charge is 2.24. The van der Waals surface area contributed by atoms with Crippen LogP contribution in [0.5, 0.6) is 0 Å². The number of hydrogen-bond donors (Lipinski definition) is 1. The van der Waals surface area contributed by atoms with E-state index in [0.717, 1.165) is 50.0 Å². The number of benzene rings is 1. The van der Waals surface area contributed by atoms with Crippen molar-refractivity contribution in [2.45, 2.75) is 51.5 Å². The number of nitrogens with zero attached hydrogens (tertiary/aromatic N) is 3. The van der Waals surface area contributed by atoms with Crippen LogP contribution in [0.25, 0.3) is 0 Å². The molecule has 1 aromatic rings. The van der Waals surface area contributed by atoms with E-state index in [4.69, 9.17) is 16.9 Å². The van der Waals surface area contributed by atoms with E-state index >= 15 is 0 Å². The molecule has 6 heteroatoms. The Kier molecular flexibility index (Phi) is 7.58. The quantitative estimate of drug-likeness (QED) is 0.787. The van der Waals surface area contributed by atoms with Crippen LogP contribution in [0.1, 0.15) is 44.1 Å². The Balaban J connectivity index is 1.36. The normalized spacial score (nSPS) is 23.2. The molecule has 1 aromatic carbocycles. The predicted molar refractivity (Wildman–Crippen MR) is 114 cm³/mol. The summed E-state index contributed by atoms with van der Waals surface area (Å²) < 4.78 is 0. The summed E-state index contributed by atoms with van der Waals surface area (Å²) in [5.41, 5.74) is 2.44. The van der Waals surface area contributed by atoms with Crippen LogP contribution >= 0.6 is 11.6 Å². The third kappa shape index (κ3) is 5.62. The minimum Gasteiger partial charge on any atom is -0.369 e. The maximum Gasteiger partial charge on any atom is 0.234 e. The summed E-state index contributed by atoms with van der Waals surface area (Å²) in [5, 5.41) is 12.4. The Hall–Kier alpha value is -1.77. The summed E-state index contributed by atoms with van der Waals surface area (Å²) >= 11 is 6.28. The van der Waals surface area contributed by atoms with Gasteiger partial charge in [0.25, 0.3) is 0 Å². The lowest BCUT2D eigenvalue weighted by Gasteiger charge is -2.38. The SMILES string of the molecule is Cc1c(Cl)cccc1N1CCN(CCC2CCC(NC(=O)CC#N)CC2)CC1. The van der Waals surface area contributed by atoms with Gasteiger partial charge in [0.05, 0.1) is 6.07 Å². The van der Waals surface area contributed by atoms with Gasteiger partial charge in [-0.2, -0.15) is 5.26 Å².